The van der Waals surface area contributed by atoms with E-state index in [2.05, 4.69) is 10.3 Å². The van der Waals surface area contributed by atoms with Crippen LogP contribution in [0.4, 0.5) is 13.2 Å². The van der Waals surface area contributed by atoms with Crippen molar-refractivity contribution in [2.75, 3.05) is 0 Å². The third-order valence-electron chi connectivity index (χ3n) is 2.92. The SMILES string of the molecule is Cc1[nH]c(=S)sc1CC(=O)NC1(C(F)(F)F)CC1. The van der Waals surface area contributed by atoms with E-state index >= 15 is 0 Å². The molecule has 0 spiro atoms. The highest BCUT2D eigenvalue weighted by Gasteiger charge is 2.64. The number of hydrogen-bond donors (Lipinski definition) is 2. The molecule has 0 aliphatic heterocycles. The fourth-order valence-electron chi connectivity index (χ4n) is 1.67. The maximum atomic E-state index is 12.6. The van der Waals surface area contributed by atoms with Crippen LogP contribution in [0.5, 0.6) is 0 Å². The van der Waals surface area contributed by atoms with Gasteiger partial charge in [-0.3, -0.25) is 4.79 Å². The van der Waals surface area contributed by atoms with Gasteiger partial charge in [0, 0.05) is 10.6 Å². The van der Waals surface area contributed by atoms with E-state index in [0.29, 0.717) is 8.83 Å². The van der Waals surface area contributed by atoms with Crippen LogP contribution in [-0.2, 0) is 11.2 Å². The summed E-state index contributed by atoms with van der Waals surface area (Å²) >= 11 is 6.12. The first-order chi connectivity index (χ1) is 8.23. The van der Waals surface area contributed by atoms with Crippen molar-refractivity contribution in [2.24, 2.45) is 0 Å². The monoisotopic (exact) mass is 296 g/mol. The number of aromatic nitrogens is 1. The van der Waals surface area contributed by atoms with Crippen molar-refractivity contribution in [1.82, 2.24) is 10.3 Å². The van der Waals surface area contributed by atoms with Crippen molar-refractivity contribution < 1.29 is 18.0 Å². The molecule has 18 heavy (non-hydrogen) atoms. The third kappa shape index (κ3) is 2.59. The van der Waals surface area contributed by atoms with Crippen molar-refractivity contribution >= 4 is 29.5 Å². The first-order valence-electron chi connectivity index (χ1n) is 5.30. The summed E-state index contributed by atoms with van der Waals surface area (Å²) in [5.41, 5.74) is -1.26. The number of alkyl halides is 3. The Hall–Kier alpha value is -0.890. The van der Waals surface area contributed by atoms with Gasteiger partial charge in [-0.05, 0) is 32.0 Å². The van der Waals surface area contributed by atoms with Gasteiger partial charge in [0.05, 0.1) is 6.42 Å². The van der Waals surface area contributed by atoms with Crippen LogP contribution in [0.2, 0.25) is 0 Å². The van der Waals surface area contributed by atoms with Gasteiger partial charge in [-0.2, -0.15) is 13.2 Å². The summed E-state index contributed by atoms with van der Waals surface area (Å²) < 4.78 is 38.5. The molecule has 1 aliphatic carbocycles. The molecule has 0 radical (unpaired) electrons. The highest BCUT2D eigenvalue weighted by Crippen LogP contribution is 2.48. The van der Waals surface area contributed by atoms with Crippen molar-refractivity contribution in [1.29, 1.82) is 0 Å². The molecule has 0 aromatic carbocycles. The number of aryl methyl sites for hydroxylation is 1. The van der Waals surface area contributed by atoms with E-state index in [1.54, 1.807) is 6.92 Å². The number of aromatic amines is 1. The molecule has 1 aromatic heterocycles. The van der Waals surface area contributed by atoms with E-state index in [9.17, 15) is 18.0 Å². The van der Waals surface area contributed by atoms with E-state index in [1.807, 2.05) is 0 Å². The number of halogens is 3. The minimum Gasteiger partial charge on any atom is -0.342 e. The van der Waals surface area contributed by atoms with Crippen LogP contribution >= 0.6 is 23.6 Å². The molecule has 0 unspecified atom stereocenters. The number of carbonyl (C=O) groups excluding carboxylic acids is 1. The Morgan fingerprint density at radius 3 is 2.56 bits per heavy atom. The Morgan fingerprint density at radius 2 is 2.17 bits per heavy atom. The molecule has 1 fully saturated rings. The molecule has 1 heterocycles. The predicted octanol–water partition coefficient (Wildman–Crippen LogP) is 2.87. The van der Waals surface area contributed by atoms with E-state index in [1.165, 1.54) is 11.3 Å². The van der Waals surface area contributed by atoms with E-state index in [4.69, 9.17) is 12.2 Å². The van der Waals surface area contributed by atoms with Gasteiger partial charge in [0.2, 0.25) is 5.91 Å². The average Bonchev–Trinajstić information content (AvgIpc) is 2.90. The van der Waals surface area contributed by atoms with Crippen molar-refractivity contribution in [3.8, 4) is 0 Å². The highest BCUT2D eigenvalue weighted by molar-refractivity contribution is 7.73. The molecular weight excluding hydrogens is 285 g/mol. The molecule has 2 rings (SSSR count). The zero-order valence-electron chi connectivity index (χ0n) is 9.48. The van der Waals surface area contributed by atoms with E-state index < -0.39 is 17.6 Å². The van der Waals surface area contributed by atoms with E-state index in [-0.39, 0.29) is 19.3 Å². The topological polar surface area (TPSA) is 44.9 Å². The largest absolute Gasteiger partial charge is 0.411 e. The fraction of sp³-hybridized carbons (Fsp3) is 0.600. The Labute approximate surface area is 110 Å². The van der Waals surface area contributed by atoms with Crippen molar-refractivity contribution in [3.05, 3.63) is 14.5 Å². The molecule has 1 aromatic rings. The maximum absolute atomic E-state index is 12.6. The van der Waals surface area contributed by atoms with Gasteiger partial charge in [0.1, 0.15) is 5.54 Å². The highest BCUT2D eigenvalue weighted by atomic mass is 32.1. The number of hydrogen-bond acceptors (Lipinski definition) is 3. The third-order valence-corrected chi connectivity index (χ3v) is 4.25. The lowest BCUT2D eigenvalue weighted by Gasteiger charge is -2.20. The summed E-state index contributed by atoms with van der Waals surface area (Å²) in [6.45, 7) is 1.74. The summed E-state index contributed by atoms with van der Waals surface area (Å²) in [6, 6.07) is 0. The average molecular weight is 296 g/mol. The fourth-order valence-corrected chi connectivity index (χ4v) is 2.96. The number of amides is 1. The van der Waals surface area contributed by atoms with Gasteiger partial charge in [-0.15, -0.1) is 11.3 Å². The molecule has 100 valence electrons. The Bertz CT molecular complexity index is 528. The van der Waals surface area contributed by atoms with Gasteiger partial charge < -0.3 is 10.3 Å². The molecule has 0 bridgehead atoms. The second-order valence-corrected chi connectivity index (χ2v) is 6.14. The Balaban J connectivity index is 2.02. The number of thiazole rings is 1. The van der Waals surface area contributed by atoms with Crippen LogP contribution in [-0.4, -0.2) is 22.6 Å². The quantitative estimate of drug-likeness (QED) is 0.842. The number of carbonyl (C=O) groups is 1. The second kappa shape index (κ2) is 4.34. The summed E-state index contributed by atoms with van der Waals surface area (Å²) in [6.07, 6.45) is -4.52. The molecule has 3 nitrogen and oxygen atoms in total. The van der Waals surface area contributed by atoms with Crippen molar-refractivity contribution in [3.63, 3.8) is 0 Å². The molecule has 8 heteroatoms. The molecule has 1 saturated carbocycles. The lowest BCUT2D eigenvalue weighted by molar-refractivity contribution is -0.170. The standard InChI is InChI=1S/C10H11F3N2OS2/c1-5-6(18-8(17)14-5)4-7(16)15-9(2-3-9)10(11,12)13/h2-4H2,1H3,(H,14,17)(H,15,16). The summed E-state index contributed by atoms with van der Waals surface area (Å²) in [5.74, 6) is -0.613. The van der Waals surface area contributed by atoms with Crippen LogP contribution in [0.1, 0.15) is 23.4 Å². The van der Waals surface area contributed by atoms with Gasteiger partial charge >= 0.3 is 6.18 Å². The molecule has 0 saturated heterocycles. The first kappa shape index (κ1) is 13.5. The number of rotatable bonds is 3. The van der Waals surface area contributed by atoms with Crippen LogP contribution in [0.3, 0.4) is 0 Å². The lowest BCUT2D eigenvalue weighted by Crippen LogP contribution is -2.48. The smallest absolute Gasteiger partial charge is 0.342 e. The van der Waals surface area contributed by atoms with E-state index in [0.717, 1.165) is 5.69 Å². The van der Waals surface area contributed by atoms with Crippen LogP contribution in [0.15, 0.2) is 0 Å². The normalized spacial score (nSPS) is 17.6. The predicted molar refractivity (Wildman–Crippen MR) is 64.1 cm³/mol. The minimum absolute atomic E-state index is 0.0376. The summed E-state index contributed by atoms with van der Waals surface area (Å²) in [4.78, 5) is 15.2. The molecule has 1 amide bonds. The summed E-state index contributed by atoms with van der Waals surface area (Å²) in [5, 5.41) is 2.09. The minimum atomic E-state index is -4.37. The molecule has 2 N–H and O–H groups in total. The molecule has 0 atom stereocenters. The van der Waals surface area contributed by atoms with Crippen LogP contribution < -0.4 is 5.32 Å². The van der Waals surface area contributed by atoms with Crippen LogP contribution in [0, 0.1) is 10.9 Å². The Kier molecular flexibility index (Phi) is 3.26. The van der Waals surface area contributed by atoms with Gasteiger partial charge in [-0.25, -0.2) is 0 Å². The molecular formula is C10H11F3N2OS2. The Morgan fingerprint density at radius 1 is 1.56 bits per heavy atom. The zero-order chi connectivity index (χ0) is 13.6. The number of H-pyrrole nitrogens is 1. The lowest BCUT2D eigenvalue weighted by atomic mass is 10.2. The maximum Gasteiger partial charge on any atom is 0.411 e. The number of nitrogens with one attached hydrogen (secondary N) is 2. The van der Waals surface area contributed by atoms with Gasteiger partial charge in [0.15, 0.2) is 3.95 Å². The van der Waals surface area contributed by atoms with Gasteiger partial charge in [0.25, 0.3) is 0 Å². The first-order valence-corrected chi connectivity index (χ1v) is 6.52. The van der Waals surface area contributed by atoms with Crippen LogP contribution in [0.25, 0.3) is 0 Å². The van der Waals surface area contributed by atoms with Gasteiger partial charge in [-0.1, -0.05) is 0 Å². The van der Waals surface area contributed by atoms with Crippen molar-refractivity contribution in [2.45, 2.75) is 37.9 Å². The zero-order valence-corrected chi connectivity index (χ0v) is 11.1. The second-order valence-electron chi connectivity index (χ2n) is 4.37. The molecule has 1 aliphatic rings. The summed E-state index contributed by atoms with van der Waals surface area (Å²) in [7, 11) is 0.